The lowest BCUT2D eigenvalue weighted by Gasteiger charge is -2.36. The summed E-state index contributed by atoms with van der Waals surface area (Å²) in [4.78, 5) is 4.90. The van der Waals surface area contributed by atoms with Crippen molar-refractivity contribution in [1.82, 2.24) is 4.90 Å². The van der Waals surface area contributed by atoms with Gasteiger partial charge in [0, 0.05) is 31.9 Å². The number of piperazine rings is 1. The zero-order valence-corrected chi connectivity index (χ0v) is 10.3. The zero-order valence-electron chi connectivity index (χ0n) is 10.3. The molecule has 0 atom stereocenters. The summed E-state index contributed by atoms with van der Waals surface area (Å²) in [5.74, 6) is 0. The van der Waals surface area contributed by atoms with Crippen LogP contribution >= 0.6 is 0 Å². The number of rotatable bonds is 5. The minimum Gasteiger partial charge on any atom is -0.369 e. The first-order valence-corrected chi connectivity index (χ1v) is 6.50. The normalized spacial score (nSPS) is 17.4. The van der Waals surface area contributed by atoms with Crippen molar-refractivity contribution in [3.8, 4) is 0 Å². The Morgan fingerprint density at radius 3 is 2.29 bits per heavy atom. The average molecular weight is 233 g/mol. The molecule has 0 unspecified atom stereocenters. The molecule has 1 aromatic rings. The lowest BCUT2D eigenvalue weighted by Crippen LogP contribution is -2.46. The van der Waals surface area contributed by atoms with Gasteiger partial charge in [-0.15, -0.1) is 0 Å². The third-order valence-corrected chi connectivity index (χ3v) is 3.36. The van der Waals surface area contributed by atoms with Crippen LogP contribution in [0.2, 0.25) is 0 Å². The molecule has 17 heavy (non-hydrogen) atoms. The van der Waals surface area contributed by atoms with Gasteiger partial charge >= 0.3 is 0 Å². The van der Waals surface area contributed by atoms with Crippen molar-refractivity contribution in [3.05, 3.63) is 30.3 Å². The molecule has 0 spiro atoms. The van der Waals surface area contributed by atoms with E-state index in [1.54, 1.807) is 0 Å². The van der Waals surface area contributed by atoms with Gasteiger partial charge in [0.1, 0.15) is 0 Å². The van der Waals surface area contributed by atoms with Gasteiger partial charge in [0.05, 0.1) is 6.61 Å². The van der Waals surface area contributed by atoms with Crippen molar-refractivity contribution in [2.45, 2.75) is 12.8 Å². The molecule has 1 saturated heterocycles. The van der Waals surface area contributed by atoms with Gasteiger partial charge in [-0.3, -0.25) is 4.90 Å². The summed E-state index contributed by atoms with van der Waals surface area (Å²) in [7, 11) is 0. The van der Waals surface area contributed by atoms with Crippen LogP contribution < -0.4 is 4.90 Å². The summed E-state index contributed by atoms with van der Waals surface area (Å²) >= 11 is 0. The fourth-order valence-corrected chi connectivity index (χ4v) is 2.31. The molecule has 1 fully saturated rings. The monoisotopic (exact) mass is 233 g/mol. The first kappa shape index (κ1) is 12.4. The minimum absolute atomic E-state index is 0.0734. The molecule has 0 N–H and O–H groups in total. The Hall–Kier alpha value is -1.06. The molecule has 0 amide bonds. The Balaban J connectivity index is 1.74. The lowest BCUT2D eigenvalue weighted by atomic mass is 10.2. The SMILES string of the molecule is [O]CCCCN1CCN(c2ccccc2)CC1. The average Bonchev–Trinajstić information content (AvgIpc) is 2.41. The highest BCUT2D eigenvalue weighted by Crippen LogP contribution is 2.15. The maximum absolute atomic E-state index is 10.4. The van der Waals surface area contributed by atoms with Crippen molar-refractivity contribution in [1.29, 1.82) is 0 Å². The molecule has 1 aliphatic rings. The van der Waals surface area contributed by atoms with E-state index in [0.717, 1.165) is 45.6 Å². The number of nitrogens with zero attached hydrogens (tertiary/aromatic N) is 2. The molecule has 1 aliphatic heterocycles. The fourth-order valence-electron chi connectivity index (χ4n) is 2.31. The van der Waals surface area contributed by atoms with Crippen LogP contribution in [0.4, 0.5) is 5.69 Å². The van der Waals surface area contributed by atoms with Crippen LogP contribution in [0.15, 0.2) is 30.3 Å². The van der Waals surface area contributed by atoms with E-state index in [2.05, 4.69) is 40.1 Å². The number of hydrogen-bond donors (Lipinski definition) is 0. The second-order valence-corrected chi connectivity index (χ2v) is 4.58. The first-order valence-electron chi connectivity index (χ1n) is 6.50. The number of unbranched alkanes of at least 4 members (excludes halogenated alkanes) is 1. The van der Waals surface area contributed by atoms with Gasteiger partial charge in [0.15, 0.2) is 0 Å². The smallest absolute Gasteiger partial charge is 0.0822 e. The van der Waals surface area contributed by atoms with Gasteiger partial charge in [-0.05, 0) is 31.5 Å². The van der Waals surface area contributed by atoms with Crippen molar-refractivity contribution in [3.63, 3.8) is 0 Å². The molecule has 0 aromatic heterocycles. The van der Waals surface area contributed by atoms with E-state index in [0.29, 0.717) is 0 Å². The summed E-state index contributed by atoms with van der Waals surface area (Å²) in [5.41, 5.74) is 1.33. The van der Waals surface area contributed by atoms with E-state index < -0.39 is 0 Å². The molecule has 1 radical (unpaired) electrons. The second kappa shape index (κ2) is 6.62. The van der Waals surface area contributed by atoms with Crippen LogP contribution in [0.5, 0.6) is 0 Å². The van der Waals surface area contributed by atoms with Crippen molar-refractivity contribution in [2.75, 3.05) is 44.2 Å². The molecule has 0 bridgehead atoms. The third kappa shape index (κ3) is 3.72. The van der Waals surface area contributed by atoms with E-state index in [4.69, 9.17) is 0 Å². The molecule has 93 valence electrons. The number of hydrogen-bond acceptors (Lipinski definition) is 2. The minimum atomic E-state index is 0.0734. The quantitative estimate of drug-likeness (QED) is 0.727. The zero-order chi connectivity index (χ0) is 11.9. The van der Waals surface area contributed by atoms with E-state index in [1.807, 2.05) is 0 Å². The van der Waals surface area contributed by atoms with Crippen LogP contribution in [0.25, 0.3) is 0 Å². The van der Waals surface area contributed by atoms with Gasteiger partial charge in [0.2, 0.25) is 0 Å². The maximum atomic E-state index is 10.4. The maximum Gasteiger partial charge on any atom is 0.0822 e. The third-order valence-electron chi connectivity index (χ3n) is 3.36. The highest BCUT2D eigenvalue weighted by atomic mass is 16.2. The van der Waals surface area contributed by atoms with Crippen molar-refractivity contribution < 1.29 is 5.11 Å². The van der Waals surface area contributed by atoms with E-state index >= 15 is 0 Å². The van der Waals surface area contributed by atoms with E-state index in [9.17, 15) is 5.11 Å². The van der Waals surface area contributed by atoms with E-state index in [1.165, 1.54) is 5.69 Å². The molecule has 3 heteroatoms. The van der Waals surface area contributed by atoms with Gasteiger partial charge in [0.25, 0.3) is 0 Å². The van der Waals surface area contributed by atoms with Crippen LogP contribution in [-0.2, 0) is 5.11 Å². The van der Waals surface area contributed by atoms with Gasteiger partial charge in [-0.25, -0.2) is 5.11 Å². The molecule has 1 aromatic carbocycles. The van der Waals surface area contributed by atoms with Gasteiger partial charge in [-0.1, -0.05) is 18.2 Å². The molecule has 0 aliphatic carbocycles. The Bertz CT molecular complexity index is 307. The largest absolute Gasteiger partial charge is 0.369 e. The van der Waals surface area contributed by atoms with E-state index in [-0.39, 0.29) is 6.61 Å². The van der Waals surface area contributed by atoms with Gasteiger partial charge in [-0.2, -0.15) is 0 Å². The van der Waals surface area contributed by atoms with Crippen LogP contribution in [-0.4, -0.2) is 44.2 Å². The molecule has 3 nitrogen and oxygen atoms in total. The number of anilines is 1. The number of benzene rings is 1. The first-order chi connectivity index (χ1) is 8.40. The Morgan fingerprint density at radius 2 is 1.65 bits per heavy atom. The van der Waals surface area contributed by atoms with Crippen LogP contribution in [0.3, 0.4) is 0 Å². The highest BCUT2D eigenvalue weighted by molar-refractivity contribution is 5.46. The molecular formula is C14H21N2O. The standard InChI is InChI=1S/C14H21N2O/c17-13-5-4-8-15-9-11-16(12-10-15)14-6-2-1-3-7-14/h1-3,6-7H,4-5,8-13H2. The molecule has 2 rings (SSSR count). The Labute approximate surface area is 104 Å². The Morgan fingerprint density at radius 1 is 0.941 bits per heavy atom. The summed E-state index contributed by atoms with van der Waals surface area (Å²) in [5, 5.41) is 10.4. The summed E-state index contributed by atoms with van der Waals surface area (Å²) in [6, 6.07) is 10.6. The predicted octanol–water partition coefficient (Wildman–Crippen LogP) is 2.02. The predicted molar refractivity (Wildman–Crippen MR) is 69.9 cm³/mol. The topological polar surface area (TPSA) is 26.4 Å². The molecule has 0 saturated carbocycles. The summed E-state index contributed by atoms with van der Waals surface area (Å²) in [6.07, 6.45) is 1.87. The Kier molecular flexibility index (Phi) is 4.83. The summed E-state index contributed by atoms with van der Waals surface area (Å²) in [6.45, 7) is 5.60. The highest BCUT2D eigenvalue weighted by Gasteiger charge is 2.16. The van der Waals surface area contributed by atoms with Gasteiger partial charge < -0.3 is 4.90 Å². The van der Waals surface area contributed by atoms with Crippen LogP contribution in [0.1, 0.15) is 12.8 Å². The van der Waals surface area contributed by atoms with Crippen LogP contribution in [0, 0.1) is 0 Å². The lowest BCUT2D eigenvalue weighted by molar-refractivity contribution is 0.176. The summed E-state index contributed by atoms with van der Waals surface area (Å²) < 4.78 is 0. The number of para-hydroxylation sites is 1. The second-order valence-electron chi connectivity index (χ2n) is 4.58. The van der Waals surface area contributed by atoms with Crippen molar-refractivity contribution in [2.24, 2.45) is 0 Å². The fraction of sp³-hybridized carbons (Fsp3) is 0.571. The molecular weight excluding hydrogens is 212 g/mol. The molecule has 1 heterocycles. The van der Waals surface area contributed by atoms with Crippen molar-refractivity contribution >= 4 is 5.69 Å².